The molecule has 0 spiro atoms. The van der Waals surface area contributed by atoms with Gasteiger partial charge < -0.3 is 19.3 Å². The summed E-state index contributed by atoms with van der Waals surface area (Å²) in [6.07, 6.45) is 6.21. The molecule has 38 heavy (non-hydrogen) atoms. The monoisotopic (exact) mass is 512 g/mol. The summed E-state index contributed by atoms with van der Waals surface area (Å²) >= 11 is 0. The maximum atomic E-state index is 12.6. The number of anilines is 2. The highest BCUT2D eigenvalue weighted by atomic mass is 16.5. The van der Waals surface area contributed by atoms with Gasteiger partial charge >= 0.3 is 11.9 Å². The van der Waals surface area contributed by atoms with Crippen LogP contribution in [0.15, 0.2) is 59.7 Å². The summed E-state index contributed by atoms with van der Waals surface area (Å²) in [5.41, 5.74) is 7.03. The van der Waals surface area contributed by atoms with Crippen LogP contribution in [0.4, 0.5) is 11.4 Å². The van der Waals surface area contributed by atoms with E-state index in [9.17, 15) is 9.59 Å². The van der Waals surface area contributed by atoms with E-state index in [0.717, 1.165) is 33.6 Å². The van der Waals surface area contributed by atoms with Crippen LogP contribution in [0.1, 0.15) is 43.4 Å². The highest BCUT2D eigenvalue weighted by Crippen LogP contribution is 2.35. The van der Waals surface area contributed by atoms with Crippen LogP contribution >= 0.6 is 0 Å². The number of hydrogen-bond donors (Lipinski definition) is 0. The number of fused-ring (bicyclic) bond motifs is 1. The SMILES string of the molecule is CCOC(=O)C(=Cc1ccc(N(C)C)cc1)CC#CC=C1CC(C(=O)OCC)=Cc2ccc(N(C)C)cc21. The quantitative estimate of drug-likeness (QED) is 0.261. The predicted molar refractivity (Wildman–Crippen MR) is 156 cm³/mol. The number of nitrogens with zero attached hydrogens (tertiary/aromatic N) is 2. The molecule has 0 amide bonds. The number of carbonyl (C=O) groups is 2. The second kappa shape index (κ2) is 13.3. The van der Waals surface area contributed by atoms with E-state index >= 15 is 0 Å². The third-order valence-electron chi connectivity index (χ3n) is 6.06. The van der Waals surface area contributed by atoms with Gasteiger partial charge in [0.25, 0.3) is 0 Å². The first-order valence-corrected chi connectivity index (χ1v) is 12.7. The van der Waals surface area contributed by atoms with Gasteiger partial charge in [0.15, 0.2) is 0 Å². The molecule has 1 aliphatic carbocycles. The maximum Gasteiger partial charge on any atom is 0.334 e. The zero-order valence-corrected chi connectivity index (χ0v) is 23.1. The van der Waals surface area contributed by atoms with Gasteiger partial charge in [-0.3, -0.25) is 0 Å². The van der Waals surface area contributed by atoms with Crippen molar-refractivity contribution in [3.8, 4) is 11.8 Å². The Morgan fingerprint density at radius 3 is 2.21 bits per heavy atom. The Morgan fingerprint density at radius 2 is 1.58 bits per heavy atom. The summed E-state index contributed by atoms with van der Waals surface area (Å²) in [5, 5.41) is 0. The van der Waals surface area contributed by atoms with Gasteiger partial charge in [-0.2, -0.15) is 0 Å². The Bertz CT molecular complexity index is 1320. The highest BCUT2D eigenvalue weighted by Gasteiger charge is 2.21. The molecule has 0 heterocycles. The van der Waals surface area contributed by atoms with Crippen molar-refractivity contribution in [1.82, 2.24) is 0 Å². The molecule has 0 fully saturated rings. The van der Waals surface area contributed by atoms with Gasteiger partial charge in [0.1, 0.15) is 0 Å². The average Bonchev–Trinajstić information content (AvgIpc) is 2.90. The van der Waals surface area contributed by atoms with E-state index in [-0.39, 0.29) is 18.4 Å². The summed E-state index contributed by atoms with van der Waals surface area (Å²) in [4.78, 5) is 29.2. The van der Waals surface area contributed by atoms with Gasteiger partial charge in [0, 0.05) is 63.6 Å². The fraction of sp³-hybridized carbons (Fsp3) is 0.312. The number of allylic oxidation sites excluding steroid dienone is 2. The molecule has 6 heteroatoms. The summed E-state index contributed by atoms with van der Waals surface area (Å²) in [6.45, 7) is 4.20. The van der Waals surface area contributed by atoms with Crippen molar-refractivity contribution in [1.29, 1.82) is 0 Å². The molecule has 0 atom stereocenters. The molecular weight excluding hydrogens is 476 g/mol. The molecule has 6 nitrogen and oxygen atoms in total. The van der Waals surface area contributed by atoms with E-state index in [1.54, 1.807) is 13.8 Å². The number of benzene rings is 2. The molecule has 0 N–H and O–H groups in total. The van der Waals surface area contributed by atoms with Gasteiger partial charge in [0.2, 0.25) is 0 Å². The summed E-state index contributed by atoms with van der Waals surface area (Å²) in [5.74, 6) is 5.53. The lowest BCUT2D eigenvalue weighted by Gasteiger charge is -2.21. The van der Waals surface area contributed by atoms with Crippen LogP contribution in [0.5, 0.6) is 0 Å². The average molecular weight is 513 g/mol. The molecule has 2 aromatic carbocycles. The lowest BCUT2D eigenvalue weighted by molar-refractivity contribution is -0.139. The van der Waals surface area contributed by atoms with E-state index in [2.05, 4.69) is 17.9 Å². The minimum Gasteiger partial charge on any atom is -0.463 e. The van der Waals surface area contributed by atoms with E-state index in [1.165, 1.54) is 0 Å². The van der Waals surface area contributed by atoms with Crippen LogP contribution in [-0.4, -0.2) is 53.3 Å². The molecule has 1 aliphatic rings. The second-order valence-electron chi connectivity index (χ2n) is 9.28. The Hall–Kier alpha value is -4.24. The normalized spacial score (nSPS) is 13.6. The van der Waals surface area contributed by atoms with Gasteiger partial charge in [-0.15, -0.1) is 0 Å². The van der Waals surface area contributed by atoms with Crippen molar-refractivity contribution in [3.63, 3.8) is 0 Å². The van der Waals surface area contributed by atoms with Crippen molar-refractivity contribution in [3.05, 3.63) is 76.4 Å². The fourth-order valence-corrected chi connectivity index (χ4v) is 4.01. The number of rotatable bonds is 8. The third-order valence-corrected chi connectivity index (χ3v) is 6.06. The van der Waals surface area contributed by atoms with Crippen LogP contribution in [-0.2, 0) is 19.1 Å². The molecule has 0 radical (unpaired) electrons. The van der Waals surface area contributed by atoms with Gasteiger partial charge in [-0.1, -0.05) is 30.0 Å². The van der Waals surface area contributed by atoms with E-state index in [1.807, 2.05) is 92.6 Å². The van der Waals surface area contributed by atoms with Gasteiger partial charge in [0.05, 0.1) is 13.2 Å². The first-order chi connectivity index (χ1) is 18.2. The Balaban J connectivity index is 1.91. The zero-order valence-electron chi connectivity index (χ0n) is 23.1. The minimum atomic E-state index is -0.377. The van der Waals surface area contributed by atoms with Crippen molar-refractivity contribution in [2.75, 3.05) is 51.2 Å². The maximum absolute atomic E-state index is 12.6. The van der Waals surface area contributed by atoms with Crippen LogP contribution in [0, 0.1) is 11.8 Å². The van der Waals surface area contributed by atoms with Gasteiger partial charge in [-0.25, -0.2) is 9.59 Å². The third kappa shape index (κ3) is 7.39. The van der Waals surface area contributed by atoms with E-state index in [0.29, 0.717) is 30.8 Å². The Kier molecular flexibility index (Phi) is 9.95. The van der Waals surface area contributed by atoms with Crippen LogP contribution in [0.25, 0.3) is 17.7 Å². The lowest BCUT2D eigenvalue weighted by atomic mass is 9.87. The zero-order chi connectivity index (χ0) is 27.7. The standard InChI is InChI=1S/C32H36N2O4/c1-7-37-31(35)26(19-23-13-16-28(17-14-23)33(3)4)12-10-9-11-24-20-27(32(36)38-8-2)21-25-15-18-29(34(5)6)22-30(24)25/h11,13-19,21-22H,7-8,12,20H2,1-6H3. The van der Waals surface area contributed by atoms with E-state index < -0.39 is 0 Å². The number of hydrogen-bond acceptors (Lipinski definition) is 6. The molecule has 198 valence electrons. The van der Waals surface area contributed by atoms with Crippen molar-refractivity contribution >= 4 is 41.0 Å². The summed E-state index contributed by atoms with van der Waals surface area (Å²) in [7, 11) is 7.95. The molecule has 2 aromatic rings. The molecule has 0 unspecified atom stereocenters. The van der Waals surface area contributed by atoms with Crippen LogP contribution < -0.4 is 9.80 Å². The molecule has 0 bridgehead atoms. The Morgan fingerprint density at radius 1 is 0.921 bits per heavy atom. The molecule has 3 rings (SSSR count). The lowest BCUT2D eigenvalue weighted by Crippen LogP contribution is -2.13. The highest BCUT2D eigenvalue weighted by molar-refractivity contribution is 6.00. The summed E-state index contributed by atoms with van der Waals surface area (Å²) < 4.78 is 10.5. The first-order valence-electron chi connectivity index (χ1n) is 12.7. The minimum absolute atomic E-state index is 0.239. The second-order valence-corrected chi connectivity index (χ2v) is 9.28. The molecular formula is C32H36N2O4. The molecule has 0 saturated carbocycles. The fourth-order valence-electron chi connectivity index (χ4n) is 4.01. The first kappa shape index (κ1) is 28.3. The van der Waals surface area contributed by atoms with Crippen molar-refractivity contribution in [2.24, 2.45) is 0 Å². The molecule has 0 saturated heterocycles. The largest absolute Gasteiger partial charge is 0.463 e. The number of ether oxygens (including phenoxy) is 2. The smallest absolute Gasteiger partial charge is 0.334 e. The molecule has 0 aliphatic heterocycles. The van der Waals surface area contributed by atoms with Crippen LogP contribution in [0.3, 0.4) is 0 Å². The number of carbonyl (C=O) groups excluding carboxylic acids is 2. The van der Waals surface area contributed by atoms with Crippen molar-refractivity contribution in [2.45, 2.75) is 26.7 Å². The topological polar surface area (TPSA) is 59.1 Å². The Labute approximate surface area is 226 Å². The van der Waals surface area contributed by atoms with Gasteiger partial charge in [-0.05, 0) is 78.6 Å². The van der Waals surface area contributed by atoms with Crippen molar-refractivity contribution < 1.29 is 19.1 Å². The summed E-state index contributed by atoms with van der Waals surface area (Å²) in [6, 6.07) is 14.1. The number of esters is 2. The predicted octanol–water partition coefficient (Wildman–Crippen LogP) is 5.59. The molecule has 0 aromatic heterocycles. The van der Waals surface area contributed by atoms with E-state index in [4.69, 9.17) is 9.47 Å². The van der Waals surface area contributed by atoms with Crippen LogP contribution in [0.2, 0.25) is 0 Å².